The Morgan fingerprint density at radius 3 is 2.77 bits per heavy atom. The van der Waals surface area contributed by atoms with Crippen LogP contribution in [0.2, 0.25) is 0 Å². The quantitative estimate of drug-likeness (QED) is 0.662. The normalized spacial score (nSPS) is 15.0. The lowest BCUT2D eigenvalue weighted by Gasteiger charge is -2.20. The molecule has 1 saturated carbocycles. The van der Waals surface area contributed by atoms with Crippen molar-refractivity contribution in [2.75, 3.05) is 11.1 Å². The van der Waals surface area contributed by atoms with E-state index in [4.69, 9.17) is 5.26 Å². The van der Waals surface area contributed by atoms with Gasteiger partial charge in [-0.1, -0.05) is 19.3 Å². The predicted octanol–water partition coefficient (Wildman–Crippen LogP) is 3.47. The summed E-state index contributed by atoms with van der Waals surface area (Å²) in [4.78, 5) is 22.1. The number of anilines is 1. The maximum absolute atomic E-state index is 12.0. The van der Waals surface area contributed by atoms with Gasteiger partial charge in [0.1, 0.15) is 6.07 Å². The van der Waals surface area contributed by atoms with E-state index in [1.807, 2.05) is 6.07 Å². The van der Waals surface area contributed by atoms with E-state index in [1.54, 1.807) is 11.8 Å². The third-order valence-corrected chi connectivity index (χ3v) is 4.98. The number of benzene rings is 1. The molecule has 1 aromatic carbocycles. The minimum absolute atomic E-state index is 0.102. The second-order valence-corrected chi connectivity index (χ2v) is 6.51. The number of nitriles is 1. The number of nitrogens with one attached hydrogen (secondary N) is 1. The van der Waals surface area contributed by atoms with E-state index in [0.717, 1.165) is 12.8 Å². The van der Waals surface area contributed by atoms with Crippen molar-refractivity contribution in [3.8, 4) is 6.07 Å². The van der Waals surface area contributed by atoms with Crippen LogP contribution in [0.5, 0.6) is 0 Å². The van der Waals surface area contributed by atoms with Crippen molar-refractivity contribution < 1.29 is 9.72 Å². The molecule has 1 N–H and O–H groups in total. The number of non-ortho nitro benzene ring substituents is 1. The van der Waals surface area contributed by atoms with Crippen molar-refractivity contribution in [1.29, 1.82) is 5.26 Å². The van der Waals surface area contributed by atoms with Crippen LogP contribution in [0.3, 0.4) is 0 Å². The standard InChI is InChI=1S/C15H17N3O3S/c16-9-11-8-12(18(20)21)6-7-14(11)17-15(19)10-22-13-4-2-1-3-5-13/h6-8,13H,1-5,10H2,(H,17,19). The molecule has 2 rings (SSSR count). The van der Waals surface area contributed by atoms with Gasteiger partial charge in [0.05, 0.1) is 21.9 Å². The van der Waals surface area contributed by atoms with Gasteiger partial charge in [0.15, 0.2) is 0 Å². The number of hydrogen-bond donors (Lipinski definition) is 1. The van der Waals surface area contributed by atoms with Gasteiger partial charge in [-0.15, -0.1) is 11.8 Å². The van der Waals surface area contributed by atoms with Gasteiger partial charge in [0.2, 0.25) is 5.91 Å². The molecule has 1 aromatic rings. The molecule has 0 spiro atoms. The van der Waals surface area contributed by atoms with Crippen molar-refractivity contribution in [2.45, 2.75) is 37.4 Å². The van der Waals surface area contributed by atoms with Crippen molar-refractivity contribution in [3.05, 3.63) is 33.9 Å². The van der Waals surface area contributed by atoms with Crippen LogP contribution in [0.1, 0.15) is 37.7 Å². The fraction of sp³-hybridized carbons (Fsp3) is 0.467. The fourth-order valence-corrected chi connectivity index (χ4v) is 3.58. The Morgan fingerprint density at radius 1 is 1.41 bits per heavy atom. The number of hydrogen-bond acceptors (Lipinski definition) is 5. The van der Waals surface area contributed by atoms with Crippen molar-refractivity contribution in [2.24, 2.45) is 0 Å². The van der Waals surface area contributed by atoms with Crippen LogP contribution in [-0.2, 0) is 4.79 Å². The number of nitrogens with zero attached hydrogens (tertiary/aromatic N) is 2. The summed E-state index contributed by atoms with van der Waals surface area (Å²) in [5.41, 5.74) is 0.263. The number of carbonyl (C=O) groups is 1. The van der Waals surface area contributed by atoms with Gasteiger partial charge in [0, 0.05) is 17.4 Å². The average Bonchev–Trinajstić information content (AvgIpc) is 2.54. The maximum atomic E-state index is 12.0. The van der Waals surface area contributed by atoms with Gasteiger partial charge >= 0.3 is 0 Å². The van der Waals surface area contributed by atoms with E-state index in [1.165, 1.54) is 37.5 Å². The Balaban J connectivity index is 1.93. The molecule has 0 heterocycles. The summed E-state index contributed by atoms with van der Waals surface area (Å²) in [6.45, 7) is 0. The van der Waals surface area contributed by atoms with Gasteiger partial charge in [-0.05, 0) is 18.9 Å². The molecule has 0 bridgehead atoms. The third-order valence-electron chi connectivity index (χ3n) is 3.61. The minimum atomic E-state index is -0.564. The Bertz CT molecular complexity index is 607. The Labute approximate surface area is 133 Å². The molecule has 22 heavy (non-hydrogen) atoms. The second kappa shape index (κ2) is 7.80. The molecule has 1 amide bonds. The number of thioether (sulfide) groups is 1. The molecule has 0 unspecified atom stereocenters. The summed E-state index contributed by atoms with van der Waals surface area (Å²) in [5, 5.41) is 22.9. The molecular weight excluding hydrogens is 302 g/mol. The zero-order valence-electron chi connectivity index (χ0n) is 12.1. The molecule has 1 aliphatic carbocycles. The molecule has 1 fully saturated rings. The average molecular weight is 319 g/mol. The topological polar surface area (TPSA) is 96.0 Å². The van der Waals surface area contributed by atoms with Gasteiger partial charge in [-0.25, -0.2) is 0 Å². The molecule has 1 aliphatic rings. The first kappa shape index (κ1) is 16.3. The molecule has 0 atom stereocenters. The summed E-state index contributed by atoms with van der Waals surface area (Å²) >= 11 is 1.64. The van der Waals surface area contributed by atoms with Crippen LogP contribution in [0.25, 0.3) is 0 Å². The largest absolute Gasteiger partial charge is 0.324 e. The molecule has 7 heteroatoms. The van der Waals surface area contributed by atoms with Crippen molar-refractivity contribution >= 4 is 29.0 Å². The zero-order valence-corrected chi connectivity index (χ0v) is 12.9. The first-order chi connectivity index (χ1) is 10.6. The highest BCUT2D eigenvalue weighted by Crippen LogP contribution is 2.28. The smallest absolute Gasteiger partial charge is 0.270 e. The van der Waals surface area contributed by atoms with Gasteiger partial charge in [-0.2, -0.15) is 5.26 Å². The Kier molecular flexibility index (Phi) is 5.78. The number of amides is 1. The van der Waals surface area contributed by atoms with Crippen molar-refractivity contribution in [1.82, 2.24) is 0 Å². The van der Waals surface area contributed by atoms with E-state index >= 15 is 0 Å². The molecule has 0 radical (unpaired) electrons. The monoisotopic (exact) mass is 319 g/mol. The van der Waals surface area contributed by atoms with E-state index in [2.05, 4.69) is 5.32 Å². The Morgan fingerprint density at radius 2 is 2.14 bits per heavy atom. The van der Waals surface area contributed by atoms with Gasteiger partial charge < -0.3 is 5.32 Å². The van der Waals surface area contributed by atoms with Crippen LogP contribution in [0, 0.1) is 21.4 Å². The first-order valence-corrected chi connectivity index (χ1v) is 8.25. The molecule has 6 nitrogen and oxygen atoms in total. The van der Waals surface area contributed by atoms with E-state index in [9.17, 15) is 14.9 Å². The van der Waals surface area contributed by atoms with Crippen LogP contribution in [-0.4, -0.2) is 21.8 Å². The highest BCUT2D eigenvalue weighted by atomic mass is 32.2. The minimum Gasteiger partial charge on any atom is -0.324 e. The molecule has 0 saturated heterocycles. The summed E-state index contributed by atoms with van der Waals surface area (Å²) in [7, 11) is 0. The number of nitro benzene ring substituents is 1. The SMILES string of the molecule is N#Cc1cc([N+](=O)[O-])ccc1NC(=O)CSC1CCCCC1. The predicted molar refractivity (Wildman–Crippen MR) is 85.8 cm³/mol. The fourth-order valence-electron chi connectivity index (χ4n) is 2.46. The molecular formula is C15H17N3O3S. The number of nitro groups is 1. The molecule has 116 valence electrons. The lowest BCUT2D eigenvalue weighted by molar-refractivity contribution is -0.384. The molecule has 0 aromatic heterocycles. The highest BCUT2D eigenvalue weighted by Gasteiger charge is 2.16. The van der Waals surface area contributed by atoms with Gasteiger partial charge in [-0.3, -0.25) is 14.9 Å². The number of rotatable bonds is 5. The first-order valence-electron chi connectivity index (χ1n) is 7.20. The third kappa shape index (κ3) is 4.46. The van der Waals surface area contributed by atoms with E-state index in [-0.39, 0.29) is 17.2 Å². The van der Waals surface area contributed by atoms with Crippen LogP contribution in [0.4, 0.5) is 11.4 Å². The van der Waals surface area contributed by atoms with Crippen LogP contribution >= 0.6 is 11.8 Å². The zero-order chi connectivity index (χ0) is 15.9. The summed E-state index contributed by atoms with van der Waals surface area (Å²) in [5.74, 6) is 0.160. The summed E-state index contributed by atoms with van der Waals surface area (Å²) in [6, 6.07) is 5.73. The number of carbonyl (C=O) groups excluding carboxylic acids is 1. The summed E-state index contributed by atoms with van der Waals surface area (Å²) < 4.78 is 0. The highest BCUT2D eigenvalue weighted by molar-refractivity contribution is 8.00. The van der Waals surface area contributed by atoms with Gasteiger partial charge in [0.25, 0.3) is 5.69 Å². The van der Waals surface area contributed by atoms with Crippen LogP contribution in [0.15, 0.2) is 18.2 Å². The Hall–Kier alpha value is -2.07. The molecule has 0 aliphatic heterocycles. The maximum Gasteiger partial charge on any atom is 0.270 e. The lowest BCUT2D eigenvalue weighted by Crippen LogP contribution is -2.18. The second-order valence-electron chi connectivity index (χ2n) is 5.22. The summed E-state index contributed by atoms with van der Waals surface area (Å²) in [6.07, 6.45) is 6.02. The lowest BCUT2D eigenvalue weighted by atomic mass is 10.0. The van der Waals surface area contributed by atoms with Crippen molar-refractivity contribution in [3.63, 3.8) is 0 Å². The van der Waals surface area contributed by atoms with E-state index in [0.29, 0.717) is 16.7 Å². The van der Waals surface area contributed by atoms with Crippen LogP contribution < -0.4 is 5.32 Å². The van der Waals surface area contributed by atoms with E-state index < -0.39 is 4.92 Å².